The van der Waals surface area contributed by atoms with Gasteiger partial charge in [0.15, 0.2) is 0 Å². The number of thiocarbonyl (C=S) groups is 1. The zero-order valence-electron chi connectivity index (χ0n) is 8.63. The minimum Gasteiger partial charge on any atom is -0.367 e. The van der Waals surface area contributed by atoms with Gasteiger partial charge < -0.3 is 10.3 Å². The fraction of sp³-hybridized carbons (Fsp3) is 0.0909. The molecule has 0 radical (unpaired) electrons. The maximum absolute atomic E-state index is 4.75. The minimum atomic E-state index is 0.536. The predicted octanol–water partition coefficient (Wildman–Crippen LogP) is 2.40. The summed E-state index contributed by atoms with van der Waals surface area (Å²) < 4.78 is 0.536. The summed E-state index contributed by atoms with van der Waals surface area (Å²) in [5, 5.41) is 2.96. The average molecular weight is 251 g/mol. The minimum absolute atomic E-state index is 0.536. The predicted molar refractivity (Wildman–Crippen MR) is 73.5 cm³/mol. The number of aromatic nitrogens is 2. The molecule has 0 unspecified atom stereocenters. The van der Waals surface area contributed by atoms with Gasteiger partial charge in [-0.2, -0.15) is 0 Å². The molecule has 1 aromatic heterocycles. The number of hydrogen-bond donors (Lipinski definition) is 3. The van der Waals surface area contributed by atoms with Crippen LogP contribution in [0, 0.1) is 0 Å². The first kappa shape index (κ1) is 12.7. The number of H-pyrrole nitrogens is 1. The van der Waals surface area contributed by atoms with E-state index in [1.165, 1.54) is 5.56 Å². The van der Waals surface area contributed by atoms with Crippen LogP contribution in [-0.4, -0.2) is 14.3 Å². The van der Waals surface area contributed by atoms with Crippen molar-refractivity contribution in [2.45, 2.75) is 6.54 Å². The van der Waals surface area contributed by atoms with Crippen LogP contribution in [0.1, 0.15) is 5.56 Å². The molecule has 2 aromatic rings. The smallest absolute Gasteiger partial charge is 0.130 e. The van der Waals surface area contributed by atoms with Gasteiger partial charge in [-0.25, -0.2) is 4.98 Å². The van der Waals surface area contributed by atoms with E-state index >= 15 is 0 Å². The number of nitrogens with zero attached hydrogens (tertiary/aromatic N) is 1. The summed E-state index contributed by atoms with van der Waals surface area (Å²) in [6.07, 6.45) is 5.08. The highest BCUT2D eigenvalue weighted by molar-refractivity contribution is 8.11. The second kappa shape index (κ2) is 7.90. The van der Waals surface area contributed by atoms with E-state index in [0.29, 0.717) is 4.32 Å². The Balaban J connectivity index is 0.000000212. The molecular weight excluding hydrogens is 238 g/mol. The van der Waals surface area contributed by atoms with Gasteiger partial charge in [0.1, 0.15) is 4.32 Å². The topological polar surface area (TPSA) is 40.7 Å². The Morgan fingerprint density at radius 1 is 1.38 bits per heavy atom. The lowest BCUT2D eigenvalue weighted by molar-refractivity contribution is 0.940. The zero-order valence-corrected chi connectivity index (χ0v) is 10.3. The molecule has 0 fully saturated rings. The van der Waals surface area contributed by atoms with Crippen molar-refractivity contribution in [1.82, 2.24) is 15.3 Å². The van der Waals surface area contributed by atoms with Crippen molar-refractivity contribution < 1.29 is 0 Å². The lowest BCUT2D eigenvalue weighted by Crippen LogP contribution is -2.14. The summed E-state index contributed by atoms with van der Waals surface area (Å²) in [5.41, 5.74) is 1.21. The van der Waals surface area contributed by atoms with Crippen molar-refractivity contribution in [2.24, 2.45) is 0 Å². The third-order valence-corrected chi connectivity index (χ3v) is 1.99. The fourth-order valence-electron chi connectivity index (χ4n) is 0.989. The maximum Gasteiger partial charge on any atom is 0.130 e. The molecule has 16 heavy (non-hydrogen) atoms. The van der Waals surface area contributed by atoms with E-state index in [1.807, 2.05) is 30.3 Å². The van der Waals surface area contributed by atoms with Crippen LogP contribution >= 0.6 is 24.8 Å². The van der Waals surface area contributed by atoms with Gasteiger partial charge in [-0.05, 0) is 5.56 Å². The van der Waals surface area contributed by atoms with Gasteiger partial charge in [0.25, 0.3) is 0 Å². The van der Waals surface area contributed by atoms with Crippen molar-refractivity contribution in [3.8, 4) is 0 Å². The third kappa shape index (κ3) is 6.21. The molecule has 2 rings (SSSR count). The molecule has 0 bridgehead atoms. The molecule has 0 aliphatic carbocycles. The van der Waals surface area contributed by atoms with Crippen LogP contribution in [0.4, 0.5) is 0 Å². The van der Waals surface area contributed by atoms with Gasteiger partial charge in [0, 0.05) is 18.9 Å². The van der Waals surface area contributed by atoms with Crippen molar-refractivity contribution in [3.05, 3.63) is 54.6 Å². The number of hydrogen-bond acceptors (Lipinski definition) is 2. The molecular formula is C11H13N3S2. The first-order chi connectivity index (χ1) is 7.79. The van der Waals surface area contributed by atoms with E-state index < -0.39 is 0 Å². The molecule has 3 nitrogen and oxygen atoms in total. The van der Waals surface area contributed by atoms with E-state index in [0.717, 1.165) is 6.54 Å². The Morgan fingerprint density at radius 2 is 2.12 bits per heavy atom. The van der Waals surface area contributed by atoms with Gasteiger partial charge in [-0.1, -0.05) is 42.5 Å². The number of aromatic amines is 1. The number of benzene rings is 1. The van der Waals surface area contributed by atoms with E-state index in [4.69, 9.17) is 12.2 Å². The van der Waals surface area contributed by atoms with Gasteiger partial charge in [-0.15, -0.1) is 12.6 Å². The zero-order chi connectivity index (χ0) is 11.6. The summed E-state index contributed by atoms with van der Waals surface area (Å²) in [6.45, 7) is 0.753. The molecule has 2 N–H and O–H groups in total. The van der Waals surface area contributed by atoms with Crippen molar-refractivity contribution in [1.29, 1.82) is 0 Å². The van der Waals surface area contributed by atoms with Crippen molar-refractivity contribution >= 4 is 29.2 Å². The molecule has 0 amide bonds. The number of imidazole rings is 1. The monoisotopic (exact) mass is 251 g/mol. The standard InChI is InChI=1S/C8H9NS2.C3H4N2/c10-8(11)9-6-7-4-2-1-3-5-7;1-2-5-3-4-1/h1-5H,6H2,(H2,9,10,11);1-3H,(H,4,5). The highest BCUT2D eigenvalue weighted by atomic mass is 32.1. The van der Waals surface area contributed by atoms with E-state index in [1.54, 1.807) is 18.7 Å². The molecule has 0 aliphatic heterocycles. The van der Waals surface area contributed by atoms with Crippen LogP contribution in [0.15, 0.2) is 49.1 Å². The second-order valence-electron chi connectivity index (χ2n) is 2.90. The maximum atomic E-state index is 4.75. The summed E-state index contributed by atoms with van der Waals surface area (Å²) in [5.74, 6) is 0. The van der Waals surface area contributed by atoms with Crippen LogP contribution in [0.2, 0.25) is 0 Å². The van der Waals surface area contributed by atoms with Crippen LogP contribution < -0.4 is 5.32 Å². The SMILES string of the molecule is S=C(S)NCc1ccccc1.c1c[nH]cn1. The van der Waals surface area contributed by atoms with E-state index in [2.05, 4.69) is 27.9 Å². The first-order valence-corrected chi connectivity index (χ1v) is 5.58. The molecule has 0 saturated carbocycles. The quantitative estimate of drug-likeness (QED) is 0.567. The second-order valence-corrected chi connectivity index (χ2v) is 4.06. The highest BCUT2D eigenvalue weighted by Crippen LogP contribution is 1.97. The van der Waals surface area contributed by atoms with Crippen molar-refractivity contribution in [2.75, 3.05) is 0 Å². The lowest BCUT2D eigenvalue weighted by Gasteiger charge is -2.01. The Labute approximate surface area is 106 Å². The van der Waals surface area contributed by atoms with Gasteiger partial charge in [0.2, 0.25) is 0 Å². The lowest BCUT2D eigenvalue weighted by atomic mass is 10.2. The fourth-order valence-corrected chi connectivity index (χ4v) is 1.14. The molecule has 1 heterocycles. The molecule has 0 aliphatic rings. The Bertz CT molecular complexity index is 370. The summed E-state index contributed by atoms with van der Waals surface area (Å²) in [7, 11) is 0. The van der Waals surface area contributed by atoms with Crippen LogP contribution in [0.25, 0.3) is 0 Å². The number of rotatable bonds is 2. The number of nitrogens with one attached hydrogen (secondary N) is 2. The normalized spacial score (nSPS) is 8.81. The van der Waals surface area contributed by atoms with Gasteiger partial charge >= 0.3 is 0 Å². The summed E-state index contributed by atoms with van der Waals surface area (Å²) >= 11 is 8.70. The van der Waals surface area contributed by atoms with Crippen molar-refractivity contribution in [3.63, 3.8) is 0 Å². The van der Waals surface area contributed by atoms with Crippen LogP contribution in [-0.2, 0) is 6.54 Å². The van der Waals surface area contributed by atoms with Crippen LogP contribution in [0.5, 0.6) is 0 Å². The number of thiol groups is 1. The molecule has 1 aromatic carbocycles. The molecule has 0 atom stereocenters. The molecule has 0 saturated heterocycles. The summed E-state index contributed by atoms with van der Waals surface area (Å²) in [6, 6.07) is 10.1. The molecule has 0 spiro atoms. The van der Waals surface area contributed by atoms with Gasteiger partial charge in [-0.3, -0.25) is 0 Å². The Morgan fingerprint density at radius 3 is 2.56 bits per heavy atom. The average Bonchev–Trinajstić information content (AvgIpc) is 2.86. The summed E-state index contributed by atoms with van der Waals surface area (Å²) in [4.78, 5) is 6.42. The largest absolute Gasteiger partial charge is 0.367 e. The van der Waals surface area contributed by atoms with E-state index in [-0.39, 0.29) is 0 Å². The molecule has 5 heteroatoms. The first-order valence-electron chi connectivity index (χ1n) is 4.72. The van der Waals surface area contributed by atoms with Crippen LogP contribution in [0.3, 0.4) is 0 Å². The van der Waals surface area contributed by atoms with E-state index in [9.17, 15) is 0 Å². The van der Waals surface area contributed by atoms with Gasteiger partial charge in [0.05, 0.1) is 6.33 Å². The Kier molecular flexibility index (Phi) is 6.29. The molecule has 84 valence electrons. The highest BCUT2D eigenvalue weighted by Gasteiger charge is 1.89. The third-order valence-electron chi connectivity index (χ3n) is 1.69. The Hall–Kier alpha value is -1.33.